The molecule has 0 unspecified atom stereocenters. The number of ether oxygens (including phenoxy) is 1. The predicted molar refractivity (Wildman–Crippen MR) is 68.9 cm³/mol. The Morgan fingerprint density at radius 2 is 2.00 bits per heavy atom. The van der Waals surface area contributed by atoms with Gasteiger partial charge in [-0.05, 0) is 24.5 Å². The molecule has 1 aromatic carbocycles. The maximum atomic E-state index is 6.08. The van der Waals surface area contributed by atoms with E-state index in [1.165, 1.54) is 12.8 Å². The Morgan fingerprint density at radius 1 is 1.25 bits per heavy atom. The number of halogens is 3. The molecule has 1 nitrogen and oxygen atoms in total. The summed E-state index contributed by atoms with van der Waals surface area (Å²) < 4.78 is 5.69. The Labute approximate surface area is 111 Å². The second-order valence-corrected chi connectivity index (χ2v) is 5.20. The van der Waals surface area contributed by atoms with Gasteiger partial charge < -0.3 is 4.74 Å². The van der Waals surface area contributed by atoms with E-state index in [-0.39, 0.29) is 0 Å². The first-order chi connectivity index (χ1) is 7.70. The van der Waals surface area contributed by atoms with Crippen LogP contribution in [0.4, 0.5) is 0 Å². The Kier molecular flexibility index (Phi) is 4.23. The molecule has 0 radical (unpaired) electrons. The predicted octanol–water partition coefficient (Wildman–Crippen LogP) is 4.91. The van der Waals surface area contributed by atoms with Crippen molar-refractivity contribution in [1.82, 2.24) is 0 Å². The lowest BCUT2D eigenvalue weighted by Crippen LogP contribution is -2.01. The van der Waals surface area contributed by atoms with E-state index < -0.39 is 0 Å². The van der Waals surface area contributed by atoms with E-state index in [9.17, 15) is 0 Å². The van der Waals surface area contributed by atoms with E-state index in [2.05, 4.69) is 0 Å². The Hall–Kier alpha value is -0.110. The van der Waals surface area contributed by atoms with Gasteiger partial charge >= 0.3 is 0 Å². The summed E-state index contributed by atoms with van der Waals surface area (Å²) in [5, 5.41) is 1.13. The van der Waals surface area contributed by atoms with Crippen molar-refractivity contribution in [1.29, 1.82) is 0 Å². The molecule has 4 heteroatoms. The topological polar surface area (TPSA) is 9.23 Å². The summed E-state index contributed by atoms with van der Waals surface area (Å²) in [5.74, 6) is 1.89. The van der Waals surface area contributed by atoms with Gasteiger partial charge in [-0.2, -0.15) is 0 Å². The van der Waals surface area contributed by atoms with E-state index in [1.54, 1.807) is 12.1 Å². The third kappa shape index (κ3) is 3.19. The van der Waals surface area contributed by atoms with Crippen molar-refractivity contribution in [3.63, 3.8) is 0 Å². The van der Waals surface area contributed by atoms with Crippen molar-refractivity contribution in [2.45, 2.75) is 25.1 Å². The fourth-order valence-electron chi connectivity index (χ4n) is 1.61. The molecule has 0 bridgehead atoms. The molecule has 16 heavy (non-hydrogen) atoms. The highest BCUT2D eigenvalue weighted by molar-refractivity contribution is 6.35. The largest absolute Gasteiger partial charge is 0.492 e. The summed E-state index contributed by atoms with van der Waals surface area (Å²) in [5.41, 5.74) is 0.856. The smallest absolute Gasteiger partial charge is 0.142 e. The highest BCUT2D eigenvalue weighted by Crippen LogP contribution is 2.35. The maximum absolute atomic E-state index is 6.08. The lowest BCUT2D eigenvalue weighted by atomic mass is 10.2. The van der Waals surface area contributed by atoms with Gasteiger partial charge in [-0.3, -0.25) is 0 Å². The normalized spacial score (nSPS) is 15.2. The number of hydrogen-bond donors (Lipinski definition) is 0. The van der Waals surface area contributed by atoms with E-state index in [1.807, 2.05) is 0 Å². The van der Waals surface area contributed by atoms with Crippen LogP contribution in [0.2, 0.25) is 10.0 Å². The molecule has 1 aromatic rings. The number of hydrogen-bond acceptors (Lipinski definition) is 1. The second-order valence-electron chi connectivity index (χ2n) is 4.09. The Balaban J connectivity index is 2.04. The lowest BCUT2D eigenvalue weighted by molar-refractivity contribution is 0.300. The highest BCUT2D eigenvalue weighted by atomic mass is 35.5. The van der Waals surface area contributed by atoms with Crippen LogP contribution >= 0.6 is 34.8 Å². The van der Waals surface area contributed by atoms with Crippen molar-refractivity contribution in [3.8, 4) is 5.75 Å². The van der Waals surface area contributed by atoms with Crippen molar-refractivity contribution in [2.75, 3.05) is 6.61 Å². The van der Waals surface area contributed by atoms with Crippen LogP contribution in [0.3, 0.4) is 0 Å². The molecule has 1 fully saturated rings. The van der Waals surface area contributed by atoms with Crippen molar-refractivity contribution in [3.05, 3.63) is 27.7 Å². The summed E-state index contributed by atoms with van der Waals surface area (Å²) in [6.45, 7) is 0.704. The molecule has 2 rings (SSSR count). The van der Waals surface area contributed by atoms with E-state index in [4.69, 9.17) is 39.5 Å². The molecule has 88 valence electrons. The summed E-state index contributed by atoms with van der Waals surface area (Å²) in [4.78, 5) is 0. The zero-order chi connectivity index (χ0) is 11.5. The number of alkyl halides is 1. The van der Waals surface area contributed by atoms with Gasteiger partial charge in [-0.1, -0.05) is 36.0 Å². The summed E-state index contributed by atoms with van der Waals surface area (Å²) >= 11 is 17.8. The molecule has 0 heterocycles. The summed E-state index contributed by atoms with van der Waals surface area (Å²) in [7, 11) is 0. The van der Waals surface area contributed by atoms with Crippen LogP contribution < -0.4 is 4.74 Å². The van der Waals surface area contributed by atoms with E-state index in [0.29, 0.717) is 28.3 Å². The van der Waals surface area contributed by atoms with Crippen LogP contribution in [0.5, 0.6) is 5.75 Å². The SMILES string of the molecule is ClCc1cc(Cl)cc(Cl)c1OCCC1CC1. The third-order valence-corrected chi connectivity index (χ3v) is 3.49. The molecule has 0 spiro atoms. The van der Waals surface area contributed by atoms with E-state index in [0.717, 1.165) is 17.9 Å². The Morgan fingerprint density at radius 3 is 2.62 bits per heavy atom. The first kappa shape index (κ1) is 12.3. The van der Waals surface area contributed by atoms with Crippen molar-refractivity contribution in [2.24, 2.45) is 5.92 Å². The third-order valence-electron chi connectivity index (χ3n) is 2.70. The molecule has 1 aliphatic rings. The van der Waals surface area contributed by atoms with Crippen LogP contribution in [-0.4, -0.2) is 6.61 Å². The molecular weight excluding hydrogens is 266 g/mol. The van der Waals surface area contributed by atoms with Crippen LogP contribution in [0.1, 0.15) is 24.8 Å². The highest BCUT2D eigenvalue weighted by Gasteiger charge is 2.21. The van der Waals surface area contributed by atoms with Gasteiger partial charge in [0, 0.05) is 10.6 Å². The maximum Gasteiger partial charge on any atom is 0.142 e. The minimum absolute atomic E-state index is 0.360. The fourth-order valence-corrected chi connectivity index (χ4v) is 2.40. The van der Waals surface area contributed by atoms with Gasteiger partial charge in [0.1, 0.15) is 5.75 Å². The minimum atomic E-state index is 0.360. The molecule has 0 N–H and O–H groups in total. The van der Waals surface area contributed by atoms with Gasteiger partial charge in [-0.25, -0.2) is 0 Å². The van der Waals surface area contributed by atoms with Gasteiger partial charge in [0.05, 0.1) is 17.5 Å². The standard InChI is InChI=1S/C12H13Cl3O/c13-7-9-5-10(14)6-11(15)12(9)16-4-3-8-1-2-8/h5-6,8H,1-4,7H2. The van der Waals surface area contributed by atoms with Crippen LogP contribution in [0.15, 0.2) is 12.1 Å². The molecular formula is C12H13Cl3O. The second kappa shape index (κ2) is 5.48. The number of rotatable bonds is 5. The van der Waals surface area contributed by atoms with Gasteiger partial charge in [0.25, 0.3) is 0 Å². The molecule has 0 amide bonds. The average Bonchev–Trinajstić information content (AvgIpc) is 3.04. The minimum Gasteiger partial charge on any atom is -0.492 e. The summed E-state index contributed by atoms with van der Waals surface area (Å²) in [6.07, 6.45) is 3.76. The fraction of sp³-hybridized carbons (Fsp3) is 0.500. The number of benzene rings is 1. The summed E-state index contributed by atoms with van der Waals surface area (Å²) in [6, 6.07) is 3.48. The molecule has 0 aliphatic heterocycles. The molecule has 1 saturated carbocycles. The van der Waals surface area contributed by atoms with Gasteiger partial charge in [-0.15, -0.1) is 11.6 Å². The Bertz CT molecular complexity index is 375. The zero-order valence-electron chi connectivity index (χ0n) is 8.81. The quantitative estimate of drug-likeness (QED) is 0.696. The van der Waals surface area contributed by atoms with Gasteiger partial charge in [0.2, 0.25) is 0 Å². The average molecular weight is 280 g/mol. The lowest BCUT2D eigenvalue weighted by Gasteiger charge is -2.12. The van der Waals surface area contributed by atoms with Crippen LogP contribution in [0, 0.1) is 5.92 Å². The van der Waals surface area contributed by atoms with Crippen LogP contribution in [-0.2, 0) is 5.88 Å². The van der Waals surface area contributed by atoms with Gasteiger partial charge in [0.15, 0.2) is 0 Å². The van der Waals surface area contributed by atoms with Crippen molar-refractivity contribution < 1.29 is 4.74 Å². The molecule has 1 aliphatic carbocycles. The zero-order valence-corrected chi connectivity index (χ0v) is 11.1. The van der Waals surface area contributed by atoms with E-state index >= 15 is 0 Å². The molecule has 0 saturated heterocycles. The van der Waals surface area contributed by atoms with Crippen molar-refractivity contribution >= 4 is 34.8 Å². The first-order valence-electron chi connectivity index (χ1n) is 5.37. The first-order valence-corrected chi connectivity index (χ1v) is 6.66. The molecule has 0 atom stereocenters. The monoisotopic (exact) mass is 278 g/mol. The molecule has 0 aromatic heterocycles. The van der Waals surface area contributed by atoms with Crippen LogP contribution in [0.25, 0.3) is 0 Å².